The van der Waals surface area contributed by atoms with Crippen molar-refractivity contribution in [3.05, 3.63) is 82.6 Å². The summed E-state index contributed by atoms with van der Waals surface area (Å²) >= 11 is 1.80. The Labute approximate surface area is 130 Å². The van der Waals surface area contributed by atoms with Crippen LogP contribution in [0.15, 0.2) is 72.1 Å². The standard InChI is InChI=1S/C19H19NS/c1-15(19-8-5-13-21-19)20-14-16-9-11-18(12-10-16)17-6-3-2-4-7-17/h2-13,15,20H,14H2,1H3. The highest BCUT2D eigenvalue weighted by molar-refractivity contribution is 7.10. The second-order valence-electron chi connectivity index (χ2n) is 5.18. The third-order valence-electron chi connectivity index (χ3n) is 3.64. The molecule has 1 aromatic heterocycles. The van der Waals surface area contributed by atoms with Crippen LogP contribution in [0.2, 0.25) is 0 Å². The van der Waals surface area contributed by atoms with Crippen LogP contribution < -0.4 is 5.32 Å². The van der Waals surface area contributed by atoms with E-state index in [0.29, 0.717) is 6.04 Å². The van der Waals surface area contributed by atoms with Gasteiger partial charge in [-0.25, -0.2) is 0 Å². The van der Waals surface area contributed by atoms with E-state index in [9.17, 15) is 0 Å². The average Bonchev–Trinajstić information content (AvgIpc) is 3.08. The van der Waals surface area contributed by atoms with Crippen molar-refractivity contribution >= 4 is 11.3 Å². The normalized spacial score (nSPS) is 12.2. The van der Waals surface area contributed by atoms with E-state index in [4.69, 9.17) is 0 Å². The second kappa shape index (κ2) is 6.70. The molecule has 0 amide bonds. The van der Waals surface area contributed by atoms with E-state index in [1.165, 1.54) is 21.6 Å². The zero-order valence-electron chi connectivity index (χ0n) is 12.1. The predicted octanol–water partition coefficient (Wildman–Crippen LogP) is 5.27. The van der Waals surface area contributed by atoms with Gasteiger partial charge >= 0.3 is 0 Å². The predicted molar refractivity (Wildman–Crippen MR) is 91.5 cm³/mol. The van der Waals surface area contributed by atoms with Crippen LogP contribution >= 0.6 is 11.3 Å². The molecule has 0 radical (unpaired) electrons. The van der Waals surface area contributed by atoms with Gasteiger partial charge < -0.3 is 5.32 Å². The van der Waals surface area contributed by atoms with E-state index in [-0.39, 0.29) is 0 Å². The molecule has 0 saturated carbocycles. The minimum atomic E-state index is 0.402. The molecule has 1 atom stereocenters. The Balaban J connectivity index is 1.62. The number of thiophene rings is 1. The van der Waals surface area contributed by atoms with Gasteiger partial charge in [-0.1, -0.05) is 60.7 Å². The Morgan fingerprint density at radius 1 is 0.857 bits per heavy atom. The first-order valence-electron chi connectivity index (χ1n) is 7.24. The highest BCUT2D eigenvalue weighted by Gasteiger charge is 2.05. The zero-order valence-corrected chi connectivity index (χ0v) is 12.9. The minimum Gasteiger partial charge on any atom is -0.305 e. The van der Waals surface area contributed by atoms with E-state index in [0.717, 1.165) is 6.54 Å². The fourth-order valence-electron chi connectivity index (χ4n) is 2.35. The lowest BCUT2D eigenvalue weighted by molar-refractivity contribution is 0.583. The average molecular weight is 293 g/mol. The van der Waals surface area contributed by atoms with Gasteiger partial charge in [-0.05, 0) is 35.1 Å². The molecule has 0 saturated heterocycles. The summed E-state index contributed by atoms with van der Waals surface area (Å²) in [4.78, 5) is 1.39. The molecule has 1 N–H and O–H groups in total. The van der Waals surface area contributed by atoms with Crippen molar-refractivity contribution in [1.29, 1.82) is 0 Å². The molecule has 0 aliphatic carbocycles. The van der Waals surface area contributed by atoms with Gasteiger partial charge in [-0.15, -0.1) is 11.3 Å². The third-order valence-corrected chi connectivity index (χ3v) is 4.70. The monoisotopic (exact) mass is 293 g/mol. The van der Waals surface area contributed by atoms with Crippen molar-refractivity contribution in [3.63, 3.8) is 0 Å². The Kier molecular flexibility index (Phi) is 4.49. The molecule has 1 nitrogen and oxygen atoms in total. The Hall–Kier alpha value is -1.90. The number of rotatable bonds is 5. The van der Waals surface area contributed by atoms with Gasteiger partial charge in [0.1, 0.15) is 0 Å². The van der Waals surface area contributed by atoms with Crippen LogP contribution in [0, 0.1) is 0 Å². The molecular weight excluding hydrogens is 274 g/mol. The SMILES string of the molecule is CC(NCc1ccc(-c2ccccc2)cc1)c1cccs1. The lowest BCUT2D eigenvalue weighted by atomic mass is 10.0. The molecule has 3 rings (SSSR count). The molecule has 1 heterocycles. The van der Waals surface area contributed by atoms with Crippen LogP contribution in [0.25, 0.3) is 11.1 Å². The molecule has 3 aromatic rings. The van der Waals surface area contributed by atoms with Crippen molar-refractivity contribution in [2.45, 2.75) is 19.5 Å². The van der Waals surface area contributed by atoms with Crippen molar-refractivity contribution in [2.24, 2.45) is 0 Å². The van der Waals surface area contributed by atoms with Crippen LogP contribution in [0.4, 0.5) is 0 Å². The molecule has 0 fully saturated rings. The molecule has 2 aromatic carbocycles. The van der Waals surface area contributed by atoms with E-state index >= 15 is 0 Å². The summed E-state index contributed by atoms with van der Waals surface area (Å²) in [5.74, 6) is 0. The second-order valence-corrected chi connectivity index (χ2v) is 6.16. The molecule has 0 aliphatic rings. The number of benzene rings is 2. The summed E-state index contributed by atoms with van der Waals surface area (Å²) in [6.45, 7) is 3.11. The van der Waals surface area contributed by atoms with Gasteiger partial charge in [0.05, 0.1) is 0 Å². The smallest absolute Gasteiger partial charge is 0.0388 e. The maximum Gasteiger partial charge on any atom is 0.0388 e. The Bertz CT molecular complexity index is 657. The van der Waals surface area contributed by atoms with Gasteiger partial charge in [-0.2, -0.15) is 0 Å². The van der Waals surface area contributed by atoms with Crippen molar-refractivity contribution in [1.82, 2.24) is 5.32 Å². The number of nitrogens with one attached hydrogen (secondary N) is 1. The Morgan fingerprint density at radius 3 is 2.24 bits per heavy atom. The fraction of sp³-hybridized carbons (Fsp3) is 0.158. The first-order valence-corrected chi connectivity index (χ1v) is 8.12. The van der Waals surface area contributed by atoms with Crippen LogP contribution in [-0.2, 0) is 6.54 Å². The molecule has 0 bridgehead atoms. The first-order chi connectivity index (χ1) is 10.3. The highest BCUT2D eigenvalue weighted by atomic mass is 32.1. The lowest BCUT2D eigenvalue weighted by Gasteiger charge is -2.12. The number of hydrogen-bond acceptors (Lipinski definition) is 2. The van der Waals surface area contributed by atoms with Crippen LogP contribution in [-0.4, -0.2) is 0 Å². The Morgan fingerprint density at radius 2 is 1.57 bits per heavy atom. The summed E-state index contributed by atoms with van der Waals surface area (Å²) < 4.78 is 0. The van der Waals surface area contributed by atoms with E-state index in [1.807, 2.05) is 6.07 Å². The van der Waals surface area contributed by atoms with Gasteiger partial charge in [0.2, 0.25) is 0 Å². The first kappa shape index (κ1) is 14.1. The molecule has 0 spiro atoms. The summed E-state index contributed by atoms with van der Waals surface area (Å²) in [5.41, 5.74) is 3.85. The minimum absolute atomic E-state index is 0.402. The van der Waals surface area contributed by atoms with E-state index in [2.05, 4.69) is 78.3 Å². The van der Waals surface area contributed by atoms with Crippen LogP contribution in [0.1, 0.15) is 23.4 Å². The van der Waals surface area contributed by atoms with Gasteiger partial charge in [0.15, 0.2) is 0 Å². The number of hydrogen-bond donors (Lipinski definition) is 1. The largest absolute Gasteiger partial charge is 0.305 e. The van der Waals surface area contributed by atoms with Gasteiger partial charge in [-0.3, -0.25) is 0 Å². The highest BCUT2D eigenvalue weighted by Crippen LogP contribution is 2.21. The van der Waals surface area contributed by atoms with Gasteiger partial charge in [0.25, 0.3) is 0 Å². The molecule has 21 heavy (non-hydrogen) atoms. The zero-order chi connectivity index (χ0) is 14.5. The van der Waals surface area contributed by atoms with Crippen molar-refractivity contribution in [3.8, 4) is 11.1 Å². The summed E-state index contributed by atoms with van der Waals surface area (Å²) in [6.07, 6.45) is 0. The van der Waals surface area contributed by atoms with Crippen molar-refractivity contribution in [2.75, 3.05) is 0 Å². The maximum absolute atomic E-state index is 3.57. The molecule has 106 valence electrons. The topological polar surface area (TPSA) is 12.0 Å². The lowest BCUT2D eigenvalue weighted by Crippen LogP contribution is -2.16. The van der Waals surface area contributed by atoms with Crippen LogP contribution in [0.5, 0.6) is 0 Å². The van der Waals surface area contributed by atoms with E-state index < -0.39 is 0 Å². The molecule has 1 unspecified atom stereocenters. The molecular formula is C19H19NS. The summed E-state index contributed by atoms with van der Waals surface area (Å²) in [7, 11) is 0. The summed E-state index contributed by atoms with van der Waals surface area (Å²) in [6, 6.07) is 24.0. The van der Waals surface area contributed by atoms with Crippen LogP contribution in [0.3, 0.4) is 0 Å². The fourth-order valence-corrected chi connectivity index (χ4v) is 3.11. The maximum atomic E-state index is 3.57. The molecule has 0 aliphatic heterocycles. The van der Waals surface area contributed by atoms with Crippen molar-refractivity contribution < 1.29 is 0 Å². The molecule has 2 heteroatoms. The third kappa shape index (κ3) is 3.60. The quantitative estimate of drug-likeness (QED) is 0.676. The van der Waals surface area contributed by atoms with Gasteiger partial charge in [0, 0.05) is 17.5 Å². The van der Waals surface area contributed by atoms with E-state index in [1.54, 1.807) is 11.3 Å². The summed E-state index contributed by atoms with van der Waals surface area (Å²) in [5, 5.41) is 5.70.